The van der Waals surface area contributed by atoms with Crippen LogP contribution in [0.15, 0.2) is 18.3 Å². The van der Waals surface area contributed by atoms with E-state index in [-0.39, 0.29) is 25.1 Å². The summed E-state index contributed by atoms with van der Waals surface area (Å²) in [5.41, 5.74) is 0.584. The first kappa shape index (κ1) is 13.6. The van der Waals surface area contributed by atoms with Crippen LogP contribution in [0.4, 0.5) is 0 Å². The Kier molecular flexibility index (Phi) is 3.90. The molecule has 6 heteroatoms. The predicted molar refractivity (Wildman–Crippen MR) is 68.1 cm³/mol. The Balaban J connectivity index is 2.15. The van der Waals surface area contributed by atoms with Crippen LogP contribution < -0.4 is 0 Å². The third kappa shape index (κ3) is 2.78. The van der Waals surface area contributed by atoms with Crippen molar-refractivity contribution in [3.05, 3.63) is 24.0 Å². The molecule has 2 heterocycles. The summed E-state index contributed by atoms with van der Waals surface area (Å²) in [7, 11) is 0. The van der Waals surface area contributed by atoms with Gasteiger partial charge in [0.15, 0.2) is 6.10 Å². The Morgan fingerprint density at radius 1 is 1.47 bits per heavy atom. The van der Waals surface area contributed by atoms with Gasteiger partial charge in [-0.2, -0.15) is 0 Å². The molecule has 1 aliphatic heterocycles. The first-order chi connectivity index (χ1) is 9.00. The Bertz CT molecular complexity index is 481. The molecule has 1 atom stereocenters. The van der Waals surface area contributed by atoms with E-state index in [1.807, 2.05) is 30.7 Å². The average molecular weight is 266 g/mol. The van der Waals surface area contributed by atoms with Crippen LogP contribution in [0.5, 0.6) is 0 Å². The van der Waals surface area contributed by atoms with Crippen LogP contribution in [0.1, 0.15) is 30.4 Å². The van der Waals surface area contributed by atoms with Gasteiger partial charge in [0.2, 0.25) is 0 Å². The quantitative estimate of drug-likeness (QED) is 0.885. The third-order valence-corrected chi connectivity index (χ3v) is 3.18. The van der Waals surface area contributed by atoms with Gasteiger partial charge in [0, 0.05) is 18.8 Å². The zero-order valence-corrected chi connectivity index (χ0v) is 11.1. The molecule has 0 spiro atoms. The molecular weight excluding hydrogens is 248 g/mol. The molecular formula is C13H18N2O4. The second kappa shape index (κ2) is 5.44. The maximum absolute atomic E-state index is 12.4. The molecule has 6 nitrogen and oxygen atoms in total. The van der Waals surface area contributed by atoms with E-state index in [1.54, 1.807) is 6.07 Å². The van der Waals surface area contributed by atoms with Gasteiger partial charge in [0.05, 0.1) is 13.2 Å². The topological polar surface area (TPSA) is 71.8 Å². The molecule has 1 aliphatic rings. The second-order valence-corrected chi connectivity index (χ2v) is 4.84. The summed E-state index contributed by atoms with van der Waals surface area (Å²) in [5.74, 6) is -1.18. The molecule has 1 fully saturated rings. The van der Waals surface area contributed by atoms with E-state index in [2.05, 4.69) is 0 Å². The highest BCUT2D eigenvalue weighted by molar-refractivity contribution is 5.93. The van der Waals surface area contributed by atoms with Gasteiger partial charge in [-0.3, -0.25) is 4.79 Å². The fourth-order valence-electron chi connectivity index (χ4n) is 2.17. The maximum Gasteiger partial charge on any atom is 0.334 e. The van der Waals surface area contributed by atoms with Crippen LogP contribution in [0.25, 0.3) is 0 Å². The van der Waals surface area contributed by atoms with E-state index in [0.717, 1.165) is 0 Å². The van der Waals surface area contributed by atoms with Gasteiger partial charge < -0.3 is 19.3 Å². The number of hydrogen-bond acceptors (Lipinski definition) is 3. The fraction of sp³-hybridized carbons (Fsp3) is 0.538. The molecule has 1 saturated heterocycles. The van der Waals surface area contributed by atoms with Gasteiger partial charge in [0.25, 0.3) is 5.91 Å². The maximum atomic E-state index is 12.4. The lowest BCUT2D eigenvalue weighted by atomic mass is 10.2. The predicted octanol–water partition coefficient (Wildman–Crippen LogP) is 0.995. The molecule has 0 aromatic carbocycles. The summed E-state index contributed by atoms with van der Waals surface area (Å²) in [4.78, 5) is 24.9. The van der Waals surface area contributed by atoms with Crippen LogP contribution >= 0.6 is 0 Å². The number of ether oxygens (including phenoxy) is 1. The number of rotatable bonds is 3. The van der Waals surface area contributed by atoms with Crippen LogP contribution in [-0.2, 0) is 9.53 Å². The van der Waals surface area contributed by atoms with Crippen molar-refractivity contribution in [2.24, 2.45) is 0 Å². The Labute approximate surface area is 111 Å². The summed E-state index contributed by atoms with van der Waals surface area (Å²) in [6, 6.07) is 3.76. The molecule has 1 aromatic rings. The Morgan fingerprint density at radius 3 is 2.84 bits per heavy atom. The second-order valence-electron chi connectivity index (χ2n) is 4.84. The molecule has 0 aliphatic carbocycles. The first-order valence-corrected chi connectivity index (χ1v) is 6.31. The highest BCUT2D eigenvalue weighted by Gasteiger charge is 2.30. The molecule has 0 saturated carbocycles. The van der Waals surface area contributed by atoms with Crippen LogP contribution in [-0.4, -0.2) is 52.3 Å². The Hall–Kier alpha value is -1.82. The zero-order chi connectivity index (χ0) is 14.0. The number of amides is 1. The SMILES string of the molecule is CC(C)n1cccc1C(=O)N1CCOC(C(=O)O)C1. The smallest absolute Gasteiger partial charge is 0.334 e. The van der Waals surface area contributed by atoms with Crippen molar-refractivity contribution >= 4 is 11.9 Å². The monoisotopic (exact) mass is 266 g/mol. The minimum atomic E-state index is -1.03. The van der Waals surface area contributed by atoms with Crippen LogP contribution in [0, 0.1) is 0 Å². The molecule has 1 N–H and O–H groups in total. The number of carboxylic acids is 1. The summed E-state index contributed by atoms with van der Waals surface area (Å²) < 4.78 is 7.00. The van der Waals surface area contributed by atoms with Crippen molar-refractivity contribution in [2.45, 2.75) is 26.0 Å². The van der Waals surface area contributed by atoms with Crippen LogP contribution in [0.3, 0.4) is 0 Å². The third-order valence-electron chi connectivity index (χ3n) is 3.18. The number of aromatic nitrogens is 1. The van der Waals surface area contributed by atoms with E-state index in [4.69, 9.17) is 9.84 Å². The van der Waals surface area contributed by atoms with Gasteiger partial charge in [-0.05, 0) is 26.0 Å². The van der Waals surface area contributed by atoms with Crippen molar-refractivity contribution in [1.82, 2.24) is 9.47 Å². The molecule has 1 amide bonds. The van der Waals surface area contributed by atoms with E-state index < -0.39 is 12.1 Å². The highest BCUT2D eigenvalue weighted by atomic mass is 16.5. The number of aliphatic carboxylic acids is 1. The average Bonchev–Trinajstić information content (AvgIpc) is 2.87. The first-order valence-electron chi connectivity index (χ1n) is 6.31. The molecule has 19 heavy (non-hydrogen) atoms. The lowest BCUT2D eigenvalue weighted by molar-refractivity contribution is -0.154. The normalized spacial score (nSPS) is 19.7. The molecule has 104 valence electrons. The van der Waals surface area contributed by atoms with E-state index in [1.165, 1.54) is 4.90 Å². The fourth-order valence-corrected chi connectivity index (χ4v) is 2.17. The van der Waals surface area contributed by atoms with Crippen molar-refractivity contribution < 1.29 is 19.4 Å². The van der Waals surface area contributed by atoms with E-state index >= 15 is 0 Å². The van der Waals surface area contributed by atoms with Gasteiger partial charge in [0.1, 0.15) is 5.69 Å². The minimum absolute atomic E-state index is 0.0947. The summed E-state index contributed by atoms with van der Waals surface area (Å²) in [5, 5.41) is 8.94. The lowest BCUT2D eigenvalue weighted by Crippen LogP contribution is -2.48. The van der Waals surface area contributed by atoms with E-state index in [9.17, 15) is 9.59 Å². The Morgan fingerprint density at radius 2 is 2.21 bits per heavy atom. The summed E-state index contributed by atoms with van der Waals surface area (Å²) >= 11 is 0. The van der Waals surface area contributed by atoms with Crippen LogP contribution in [0.2, 0.25) is 0 Å². The van der Waals surface area contributed by atoms with Crippen molar-refractivity contribution in [3.8, 4) is 0 Å². The van der Waals surface area contributed by atoms with Crippen molar-refractivity contribution in [3.63, 3.8) is 0 Å². The van der Waals surface area contributed by atoms with Crippen molar-refractivity contribution in [2.75, 3.05) is 19.7 Å². The van der Waals surface area contributed by atoms with Gasteiger partial charge in [-0.25, -0.2) is 4.79 Å². The number of morpholine rings is 1. The number of hydrogen-bond donors (Lipinski definition) is 1. The standard InChI is InChI=1S/C13H18N2O4/c1-9(2)15-5-3-4-10(15)12(16)14-6-7-19-11(8-14)13(17)18/h3-5,9,11H,6-8H2,1-2H3,(H,17,18). The van der Waals surface area contributed by atoms with Crippen molar-refractivity contribution in [1.29, 1.82) is 0 Å². The summed E-state index contributed by atoms with van der Waals surface area (Å²) in [6.45, 7) is 4.76. The molecule has 2 rings (SSSR count). The van der Waals surface area contributed by atoms with Gasteiger partial charge in [-0.15, -0.1) is 0 Å². The molecule has 0 radical (unpaired) electrons. The number of nitrogens with zero attached hydrogens (tertiary/aromatic N) is 2. The molecule has 1 aromatic heterocycles. The molecule has 0 bridgehead atoms. The van der Waals surface area contributed by atoms with Gasteiger partial charge >= 0.3 is 5.97 Å². The highest BCUT2D eigenvalue weighted by Crippen LogP contribution is 2.15. The lowest BCUT2D eigenvalue weighted by Gasteiger charge is -2.31. The number of carbonyl (C=O) groups is 2. The largest absolute Gasteiger partial charge is 0.479 e. The minimum Gasteiger partial charge on any atom is -0.479 e. The summed E-state index contributed by atoms with van der Waals surface area (Å²) in [6.07, 6.45) is 0.924. The number of carbonyl (C=O) groups excluding carboxylic acids is 1. The van der Waals surface area contributed by atoms with E-state index in [0.29, 0.717) is 12.2 Å². The molecule has 1 unspecified atom stereocenters. The number of carboxylic acid groups (broad SMARTS) is 1. The zero-order valence-electron chi connectivity index (χ0n) is 11.1. The van der Waals surface area contributed by atoms with Gasteiger partial charge in [-0.1, -0.05) is 0 Å².